The normalized spacial score (nSPS) is 12.8. The summed E-state index contributed by atoms with van der Waals surface area (Å²) in [6.45, 7) is 67.5. The van der Waals surface area contributed by atoms with Crippen LogP contribution in [0.3, 0.4) is 0 Å². The van der Waals surface area contributed by atoms with Crippen molar-refractivity contribution in [1.29, 1.82) is 0 Å². The van der Waals surface area contributed by atoms with Crippen LogP contribution in [0.1, 0.15) is 270 Å². The van der Waals surface area contributed by atoms with Crippen LogP contribution < -0.4 is 0 Å². The second-order valence-corrected chi connectivity index (χ2v) is 45.9. The van der Waals surface area contributed by atoms with E-state index in [1.54, 1.807) is 0 Å². The van der Waals surface area contributed by atoms with Crippen LogP contribution in [0.25, 0.3) is 110 Å². The second kappa shape index (κ2) is 40.2. The van der Waals surface area contributed by atoms with Gasteiger partial charge in [0.25, 0.3) is 0 Å². The molecule has 3 aromatic heterocycles. The van der Waals surface area contributed by atoms with E-state index in [2.05, 4.69) is 505 Å². The predicted octanol–water partition coefficient (Wildman–Crippen LogP) is 37.9. The van der Waals surface area contributed by atoms with E-state index in [0.717, 1.165) is 16.7 Å². The fourth-order valence-electron chi connectivity index (χ4n) is 17.8. The van der Waals surface area contributed by atoms with Crippen molar-refractivity contribution in [3.63, 3.8) is 0 Å². The Morgan fingerprint density at radius 2 is 0.534 bits per heavy atom. The van der Waals surface area contributed by atoms with Crippen molar-refractivity contribution in [2.45, 2.75) is 262 Å². The number of furan rings is 1. The molecule has 15 aromatic carbocycles. The summed E-state index contributed by atoms with van der Waals surface area (Å²) in [6, 6.07) is 117. The van der Waals surface area contributed by atoms with E-state index in [9.17, 15) is 0 Å². The van der Waals surface area contributed by atoms with Gasteiger partial charge in [-0.15, -0.1) is 0 Å². The highest BCUT2D eigenvalue weighted by Crippen LogP contribution is 2.45. The monoisotopic (exact) mass is 1760 g/mol. The minimum absolute atomic E-state index is 0.0696. The molecule has 0 radical (unpaired) electrons. The summed E-state index contributed by atoms with van der Waals surface area (Å²) < 4.78 is 50.5. The highest BCUT2D eigenvalue weighted by Gasteiger charge is 2.30. The van der Waals surface area contributed by atoms with Gasteiger partial charge in [0.15, 0.2) is 0 Å². The third-order valence-electron chi connectivity index (χ3n) is 24.9. The third kappa shape index (κ3) is 24.0. The number of rotatable bonds is 5. The Morgan fingerprint density at radius 1 is 0.211 bits per heavy atom. The van der Waals surface area contributed by atoms with E-state index in [0.29, 0.717) is 5.56 Å². The second-order valence-electron chi connectivity index (χ2n) is 45.9. The van der Waals surface area contributed by atoms with Gasteiger partial charge in [0.1, 0.15) is 11.2 Å². The van der Waals surface area contributed by atoms with Gasteiger partial charge >= 0.3 is 0 Å². The van der Waals surface area contributed by atoms with E-state index in [4.69, 9.17) is 11.3 Å². The summed E-state index contributed by atoms with van der Waals surface area (Å²) in [4.78, 5) is 0. The lowest BCUT2D eigenvalue weighted by atomic mass is 9.73. The van der Waals surface area contributed by atoms with Crippen molar-refractivity contribution in [2.75, 3.05) is 0 Å². The SMILES string of the molecule is CC(C)(C)c1ccc(C(C)(C)C)c(C(C)(C)C)c1.CC(C)(C)c1ccc(C(C)(C)C)cc1.CC(C)(C)c1cccc2c3ccccc3n(-c3ccccc3)c12.CC(C)(C)c1cccc2oc3cccc(-c4ccccc4)c3c12.CC(C)(C)c1ccccc1-c1ccccc1.CC(C)(C)c1ccccc1-n1c2ccccc2c2ccccc21.[2H]c1c([2H])c([2H])c(-c2ccccc2C(C)(C)C)c([2H])c1[2H]. The van der Waals surface area contributed by atoms with E-state index in [-0.39, 0.29) is 89.9 Å². The number of hydrogen-bond donors (Lipinski definition) is 0. The van der Waals surface area contributed by atoms with E-state index >= 15 is 0 Å². The molecule has 18 rings (SSSR count). The molecule has 0 amide bonds. The van der Waals surface area contributed by atoms with Gasteiger partial charge in [-0.2, -0.15) is 0 Å². The van der Waals surface area contributed by atoms with Gasteiger partial charge in [0, 0.05) is 43.7 Å². The lowest BCUT2D eigenvalue weighted by Gasteiger charge is -2.32. The summed E-state index contributed by atoms with van der Waals surface area (Å²) in [5.41, 5.74) is 30.7. The fourth-order valence-corrected chi connectivity index (χ4v) is 17.8. The summed E-state index contributed by atoms with van der Waals surface area (Å²) in [6.07, 6.45) is 0. The molecule has 133 heavy (non-hydrogen) atoms. The van der Waals surface area contributed by atoms with Crippen LogP contribution in [0.2, 0.25) is 0 Å². The lowest BCUT2D eigenvalue weighted by Crippen LogP contribution is -2.23. The van der Waals surface area contributed by atoms with Gasteiger partial charge in [-0.1, -0.05) is 523 Å². The molecule has 0 saturated carbocycles. The lowest BCUT2D eigenvalue weighted by molar-refractivity contribution is 0.523. The molecule has 3 nitrogen and oxygen atoms in total. The Labute approximate surface area is 806 Å². The van der Waals surface area contributed by atoms with Crippen molar-refractivity contribution in [2.24, 2.45) is 0 Å². The molecule has 0 N–H and O–H groups in total. The van der Waals surface area contributed by atoms with Crippen LogP contribution in [-0.4, -0.2) is 9.13 Å². The van der Waals surface area contributed by atoms with Crippen LogP contribution in [0.4, 0.5) is 0 Å². The Hall–Kier alpha value is -12.3. The molecule has 0 aliphatic carbocycles. The van der Waals surface area contributed by atoms with Crippen LogP contribution in [0.5, 0.6) is 0 Å². The first-order valence-corrected chi connectivity index (χ1v) is 47.7. The summed E-state index contributed by atoms with van der Waals surface area (Å²) in [5, 5.41) is 7.74. The molecule has 3 heteroatoms. The molecule has 0 aliphatic heterocycles. The van der Waals surface area contributed by atoms with Gasteiger partial charge in [0.2, 0.25) is 0 Å². The molecule has 0 fully saturated rings. The first-order chi connectivity index (χ1) is 64.5. The summed E-state index contributed by atoms with van der Waals surface area (Å²) in [5.74, 6) is 0. The molecule has 0 atom stereocenters. The van der Waals surface area contributed by atoms with E-state index in [1.807, 2.05) is 45.0 Å². The smallest absolute Gasteiger partial charge is 0.136 e. The number of fused-ring (bicyclic) bond motifs is 9. The number of nitrogens with zero attached hydrogens (tertiary/aromatic N) is 2. The minimum atomic E-state index is -0.359. The zero-order valence-corrected chi connectivity index (χ0v) is 85.6. The number of para-hydroxylation sites is 6. The molecular formula is C130H150N2O. The summed E-state index contributed by atoms with van der Waals surface area (Å²) >= 11 is 0. The maximum absolute atomic E-state index is 8.10. The first kappa shape index (κ1) is 92.5. The first-order valence-electron chi connectivity index (χ1n) is 50.2. The highest BCUT2D eigenvalue weighted by molar-refractivity contribution is 6.14. The Balaban J connectivity index is 0.000000145. The van der Waals surface area contributed by atoms with Crippen LogP contribution in [-0.2, 0) is 54.1 Å². The van der Waals surface area contributed by atoms with E-state index in [1.165, 1.54) is 138 Å². The van der Waals surface area contributed by atoms with Gasteiger partial charge < -0.3 is 13.6 Å². The van der Waals surface area contributed by atoms with Crippen molar-refractivity contribution in [3.8, 4) is 44.8 Å². The van der Waals surface area contributed by atoms with Gasteiger partial charge in [-0.05, 0) is 192 Å². The topological polar surface area (TPSA) is 23.0 Å². The molecule has 0 unspecified atom stereocenters. The van der Waals surface area contributed by atoms with Crippen LogP contribution >= 0.6 is 0 Å². The standard InChI is InChI=1S/2C22H21N.C22H20O.C18H30.2C16H18.C14H22/c1-22(2,3)18-12-6-9-15-21(18)23-19-13-7-4-10-16(19)17-11-5-8-14-20(17)23;1-22(2,3)19-14-9-13-18-17-12-7-8-15-20(17)23(21(18)19)16-10-5-4-6-11-16;1-22(2,3)17-12-8-14-19-21(17)20-16(11-7-13-18(20)23-19)15-9-5-4-6-10-15;1-16(2,3)13-10-11-14(17(4,5)6)15(12-13)18(7,8)9;2*1-16(2,3)15-12-8-7-11-14(15)13-9-5-4-6-10-13;1-13(2,3)11-7-9-12(10-8-11)14(4,5)6/h2*4-15H,1-3H3;4-14H,1-3H3;10-12H,1-9H3;2*4-12H,1-3H3;7-10H,1-6H3/i;;;;4D,5D,6D,9D,10D;;. The minimum Gasteiger partial charge on any atom is -0.456 e. The maximum atomic E-state index is 8.10. The summed E-state index contributed by atoms with van der Waals surface area (Å²) in [7, 11) is 0. The molecule has 18 aromatic rings. The Bertz CT molecular complexity index is 7120. The van der Waals surface area contributed by atoms with Gasteiger partial charge in [-0.3, -0.25) is 0 Å². The largest absolute Gasteiger partial charge is 0.456 e. The van der Waals surface area contributed by atoms with E-state index < -0.39 is 0 Å². The molecule has 686 valence electrons. The number of hydrogen-bond acceptors (Lipinski definition) is 1. The average molecular weight is 1760 g/mol. The molecule has 0 saturated heterocycles. The number of benzene rings is 15. The van der Waals surface area contributed by atoms with Crippen LogP contribution in [0.15, 0.2) is 368 Å². The van der Waals surface area contributed by atoms with Crippen molar-refractivity contribution in [3.05, 3.63) is 419 Å². The number of aromatic nitrogens is 2. The Morgan fingerprint density at radius 3 is 0.985 bits per heavy atom. The molecular weight excluding hydrogens is 1610 g/mol. The zero-order valence-electron chi connectivity index (χ0n) is 90.6. The molecule has 0 aliphatic rings. The molecule has 0 spiro atoms. The van der Waals surface area contributed by atoms with Gasteiger partial charge in [-0.25, -0.2) is 0 Å². The van der Waals surface area contributed by atoms with Gasteiger partial charge in [0.05, 0.1) is 28.9 Å². The van der Waals surface area contributed by atoms with Crippen molar-refractivity contribution < 1.29 is 11.3 Å². The zero-order chi connectivity index (χ0) is 101. The fraction of sp³-hybridized carbons (Fsp3) is 0.308. The third-order valence-corrected chi connectivity index (χ3v) is 24.9. The maximum Gasteiger partial charge on any atom is 0.136 e. The average Bonchev–Trinajstić information content (AvgIpc) is 1.61. The quantitative estimate of drug-likeness (QED) is 0.168. The molecule has 3 heterocycles. The highest BCUT2D eigenvalue weighted by atomic mass is 16.3. The predicted molar refractivity (Wildman–Crippen MR) is 584 cm³/mol. The van der Waals surface area contributed by atoms with Crippen LogP contribution in [0, 0.1) is 0 Å². The Kier molecular flexibility index (Phi) is 28.0. The van der Waals surface area contributed by atoms with Crippen molar-refractivity contribution >= 4 is 65.6 Å². The molecule has 0 bridgehead atoms. The van der Waals surface area contributed by atoms with Crippen molar-refractivity contribution in [1.82, 2.24) is 9.13 Å².